The summed E-state index contributed by atoms with van der Waals surface area (Å²) in [5, 5.41) is 15.4. The first-order valence-electron chi connectivity index (χ1n) is 9.35. The normalized spacial score (nSPS) is 13.4. The maximum atomic E-state index is 11.1. The zero-order chi connectivity index (χ0) is 19.8. The van der Waals surface area contributed by atoms with Crippen molar-refractivity contribution >= 4 is 16.7 Å². The van der Waals surface area contributed by atoms with E-state index in [1.54, 1.807) is 6.20 Å². The van der Waals surface area contributed by atoms with Gasteiger partial charge in [0.05, 0.1) is 6.04 Å². The summed E-state index contributed by atoms with van der Waals surface area (Å²) in [6, 6.07) is 18.9. The van der Waals surface area contributed by atoms with Gasteiger partial charge in [-0.3, -0.25) is 0 Å². The fourth-order valence-electron chi connectivity index (χ4n) is 3.55. The van der Waals surface area contributed by atoms with Crippen molar-refractivity contribution in [1.29, 1.82) is 0 Å². The number of ether oxygens (including phenoxy) is 2. The SMILES string of the molecule is Cc1ccc2ccc(C(Nc3ccccn3)c3ccc4c(c3)OCO4)c(O)c2n1. The van der Waals surface area contributed by atoms with Gasteiger partial charge in [0.25, 0.3) is 0 Å². The third-order valence-electron chi connectivity index (χ3n) is 5.00. The molecule has 4 aromatic rings. The van der Waals surface area contributed by atoms with Gasteiger partial charge in [0.15, 0.2) is 11.5 Å². The summed E-state index contributed by atoms with van der Waals surface area (Å²) >= 11 is 0. The Labute approximate surface area is 167 Å². The Morgan fingerprint density at radius 2 is 1.86 bits per heavy atom. The van der Waals surface area contributed by atoms with Crippen LogP contribution in [-0.4, -0.2) is 21.9 Å². The lowest BCUT2D eigenvalue weighted by Gasteiger charge is -2.22. The number of pyridine rings is 2. The zero-order valence-electron chi connectivity index (χ0n) is 15.8. The molecule has 0 spiro atoms. The summed E-state index contributed by atoms with van der Waals surface area (Å²) in [5.41, 5.74) is 3.06. The highest BCUT2D eigenvalue weighted by Crippen LogP contribution is 2.40. The second-order valence-electron chi connectivity index (χ2n) is 6.93. The van der Waals surface area contributed by atoms with E-state index in [-0.39, 0.29) is 18.6 Å². The quantitative estimate of drug-likeness (QED) is 0.536. The maximum Gasteiger partial charge on any atom is 0.231 e. The molecule has 0 saturated carbocycles. The van der Waals surface area contributed by atoms with Crippen molar-refractivity contribution in [1.82, 2.24) is 9.97 Å². The number of benzene rings is 2. The molecule has 6 nitrogen and oxygen atoms in total. The Kier molecular flexibility index (Phi) is 4.17. The van der Waals surface area contributed by atoms with Crippen molar-refractivity contribution in [3.8, 4) is 17.2 Å². The minimum Gasteiger partial charge on any atom is -0.505 e. The number of rotatable bonds is 4. The summed E-state index contributed by atoms with van der Waals surface area (Å²) < 4.78 is 11.0. The highest BCUT2D eigenvalue weighted by molar-refractivity contribution is 5.86. The second kappa shape index (κ2) is 6.98. The number of hydrogen-bond acceptors (Lipinski definition) is 6. The van der Waals surface area contributed by atoms with E-state index in [0.717, 1.165) is 16.6 Å². The number of aryl methyl sites for hydroxylation is 1. The molecule has 0 aliphatic carbocycles. The molecule has 2 aromatic heterocycles. The van der Waals surface area contributed by atoms with Crippen molar-refractivity contribution in [3.05, 3.63) is 83.7 Å². The van der Waals surface area contributed by atoms with Gasteiger partial charge in [0, 0.05) is 22.8 Å². The maximum absolute atomic E-state index is 11.1. The molecule has 6 heteroatoms. The lowest BCUT2D eigenvalue weighted by atomic mass is 9.95. The van der Waals surface area contributed by atoms with Gasteiger partial charge in [-0.15, -0.1) is 0 Å². The smallest absolute Gasteiger partial charge is 0.231 e. The summed E-state index contributed by atoms with van der Waals surface area (Å²) in [6.07, 6.45) is 1.73. The Morgan fingerprint density at radius 1 is 1.00 bits per heavy atom. The van der Waals surface area contributed by atoms with Gasteiger partial charge in [0.1, 0.15) is 17.1 Å². The van der Waals surface area contributed by atoms with Gasteiger partial charge in [-0.1, -0.05) is 30.3 Å². The molecule has 144 valence electrons. The van der Waals surface area contributed by atoms with E-state index >= 15 is 0 Å². The highest BCUT2D eigenvalue weighted by Gasteiger charge is 2.23. The van der Waals surface area contributed by atoms with E-state index in [1.165, 1.54) is 0 Å². The molecule has 0 saturated heterocycles. The molecule has 1 aliphatic heterocycles. The number of aromatic nitrogens is 2. The molecular weight excluding hydrogens is 366 g/mol. The Hall–Kier alpha value is -3.80. The fourth-order valence-corrected chi connectivity index (χ4v) is 3.55. The van der Waals surface area contributed by atoms with Crippen LogP contribution in [0.2, 0.25) is 0 Å². The van der Waals surface area contributed by atoms with Crippen LogP contribution >= 0.6 is 0 Å². The van der Waals surface area contributed by atoms with Crippen LogP contribution in [0.25, 0.3) is 10.9 Å². The van der Waals surface area contributed by atoms with E-state index in [1.807, 2.05) is 67.6 Å². The van der Waals surface area contributed by atoms with Crippen LogP contribution < -0.4 is 14.8 Å². The fraction of sp³-hybridized carbons (Fsp3) is 0.130. The topological polar surface area (TPSA) is 76.5 Å². The number of fused-ring (bicyclic) bond motifs is 2. The Balaban J connectivity index is 1.66. The molecule has 2 N–H and O–H groups in total. The van der Waals surface area contributed by atoms with Gasteiger partial charge >= 0.3 is 0 Å². The molecular formula is C23H19N3O3. The van der Waals surface area contributed by atoms with Crippen LogP contribution in [0, 0.1) is 6.92 Å². The molecule has 0 radical (unpaired) electrons. The van der Waals surface area contributed by atoms with Crippen LogP contribution in [0.1, 0.15) is 22.9 Å². The van der Waals surface area contributed by atoms with E-state index in [0.29, 0.717) is 28.4 Å². The standard InChI is InChI=1S/C23H19N3O3/c1-14-5-6-15-7-9-17(23(27)22(15)25-14)21(26-20-4-2-3-11-24-20)16-8-10-18-19(12-16)29-13-28-18/h2-12,21,27H,13H2,1H3,(H,24,26). The van der Waals surface area contributed by atoms with Crippen molar-refractivity contribution in [2.24, 2.45) is 0 Å². The van der Waals surface area contributed by atoms with Gasteiger partial charge in [-0.25, -0.2) is 9.97 Å². The van der Waals surface area contributed by atoms with Crippen molar-refractivity contribution in [2.45, 2.75) is 13.0 Å². The number of phenolic OH excluding ortho intramolecular Hbond substituents is 1. The molecule has 2 aromatic carbocycles. The first-order chi connectivity index (χ1) is 14.2. The number of nitrogens with one attached hydrogen (secondary N) is 1. The minimum atomic E-state index is -0.355. The number of nitrogens with zero attached hydrogens (tertiary/aromatic N) is 2. The Morgan fingerprint density at radius 3 is 2.72 bits per heavy atom. The van der Waals surface area contributed by atoms with Gasteiger partial charge in [-0.05, 0) is 42.8 Å². The largest absolute Gasteiger partial charge is 0.505 e. The van der Waals surface area contributed by atoms with E-state index in [9.17, 15) is 5.11 Å². The summed E-state index contributed by atoms with van der Waals surface area (Å²) in [6.45, 7) is 2.12. The van der Waals surface area contributed by atoms with E-state index in [2.05, 4.69) is 15.3 Å². The van der Waals surface area contributed by atoms with Crippen LogP contribution in [0.5, 0.6) is 17.2 Å². The minimum absolute atomic E-state index is 0.150. The molecule has 29 heavy (non-hydrogen) atoms. The molecule has 5 rings (SSSR count). The van der Waals surface area contributed by atoms with Gasteiger partial charge in [-0.2, -0.15) is 0 Å². The first-order valence-corrected chi connectivity index (χ1v) is 9.35. The first kappa shape index (κ1) is 17.3. The number of anilines is 1. The highest BCUT2D eigenvalue weighted by atomic mass is 16.7. The summed E-state index contributed by atoms with van der Waals surface area (Å²) in [7, 11) is 0. The summed E-state index contributed by atoms with van der Waals surface area (Å²) in [5.74, 6) is 2.25. The lowest BCUT2D eigenvalue weighted by Crippen LogP contribution is -2.13. The predicted octanol–water partition coefficient (Wildman–Crippen LogP) is 4.57. The second-order valence-corrected chi connectivity index (χ2v) is 6.93. The van der Waals surface area contributed by atoms with Crippen LogP contribution in [0.3, 0.4) is 0 Å². The zero-order valence-corrected chi connectivity index (χ0v) is 15.8. The van der Waals surface area contributed by atoms with Gasteiger partial charge < -0.3 is 19.9 Å². The number of aromatic hydroxyl groups is 1. The van der Waals surface area contributed by atoms with Crippen LogP contribution in [-0.2, 0) is 0 Å². The molecule has 0 fully saturated rings. The predicted molar refractivity (Wildman–Crippen MR) is 110 cm³/mol. The van der Waals surface area contributed by atoms with E-state index in [4.69, 9.17) is 9.47 Å². The molecule has 1 aliphatic rings. The van der Waals surface area contributed by atoms with Crippen molar-refractivity contribution in [2.75, 3.05) is 12.1 Å². The molecule has 0 amide bonds. The Bertz CT molecular complexity index is 1190. The third-order valence-corrected chi connectivity index (χ3v) is 5.00. The molecule has 0 bridgehead atoms. The molecule has 3 heterocycles. The molecule has 1 unspecified atom stereocenters. The monoisotopic (exact) mass is 385 g/mol. The lowest BCUT2D eigenvalue weighted by molar-refractivity contribution is 0.174. The van der Waals surface area contributed by atoms with Crippen molar-refractivity contribution in [3.63, 3.8) is 0 Å². The van der Waals surface area contributed by atoms with Gasteiger partial charge in [0.2, 0.25) is 6.79 Å². The van der Waals surface area contributed by atoms with Crippen LogP contribution in [0.15, 0.2) is 66.9 Å². The average molecular weight is 385 g/mol. The third kappa shape index (κ3) is 3.18. The van der Waals surface area contributed by atoms with Crippen LogP contribution in [0.4, 0.5) is 5.82 Å². The molecule has 1 atom stereocenters. The number of hydrogen-bond donors (Lipinski definition) is 2. The number of phenols is 1. The average Bonchev–Trinajstić information content (AvgIpc) is 3.22. The van der Waals surface area contributed by atoms with Crippen molar-refractivity contribution < 1.29 is 14.6 Å². The summed E-state index contributed by atoms with van der Waals surface area (Å²) in [4.78, 5) is 8.92. The van der Waals surface area contributed by atoms with E-state index < -0.39 is 0 Å².